The predicted octanol–water partition coefficient (Wildman–Crippen LogP) is 2.44. The van der Waals surface area contributed by atoms with Crippen LogP contribution < -0.4 is 0 Å². The van der Waals surface area contributed by atoms with Gasteiger partial charge in [-0.15, -0.1) is 0 Å². The molecule has 2 rings (SSSR count). The fourth-order valence-electron chi connectivity index (χ4n) is 1.66. The summed E-state index contributed by atoms with van der Waals surface area (Å²) >= 11 is 0. The van der Waals surface area contributed by atoms with Crippen molar-refractivity contribution >= 4 is 5.97 Å². The van der Waals surface area contributed by atoms with E-state index in [1.165, 1.54) is 5.56 Å². The first kappa shape index (κ1) is 12.1. The van der Waals surface area contributed by atoms with Crippen LogP contribution in [-0.4, -0.2) is 25.3 Å². The Bertz CT molecular complexity index is 377. The van der Waals surface area contributed by atoms with Crippen LogP contribution >= 0.6 is 0 Å². The van der Waals surface area contributed by atoms with Gasteiger partial charge in [0.05, 0.1) is 12.2 Å². The van der Waals surface area contributed by atoms with Gasteiger partial charge in [-0.1, -0.05) is 26.0 Å². The molecule has 1 aromatic carbocycles. The van der Waals surface area contributed by atoms with Crippen LogP contribution in [0.1, 0.15) is 29.8 Å². The van der Waals surface area contributed by atoms with Gasteiger partial charge in [0.25, 0.3) is 0 Å². The van der Waals surface area contributed by atoms with Gasteiger partial charge in [0.2, 0.25) is 0 Å². The summed E-state index contributed by atoms with van der Waals surface area (Å²) < 4.78 is 10.1. The smallest absolute Gasteiger partial charge is 0.338 e. The van der Waals surface area contributed by atoms with E-state index in [-0.39, 0.29) is 12.1 Å². The van der Waals surface area contributed by atoms with Crippen molar-refractivity contribution in [1.82, 2.24) is 0 Å². The molecule has 0 spiro atoms. The van der Waals surface area contributed by atoms with Crippen LogP contribution in [0, 0.1) is 5.92 Å². The molecule has 0 saturated carbocycles. The van der Waals surface area contributed by atoms with Crippen LogP contribution in [0.5, 0.6) is 0 Å². The van der Waals surface area contributed by atoms with Crippen molar-refractivity contribution in [2.45, 2.75) is 26.4 Å². The zero-order valence-electron chi connectivity index (χ0n) is 10.3. The van der Waals surface area contributed by atoms with E-state index in [0.717, 1.165) is 6.42 Å². The van der Waals surface area contributed by atoms with Crippen LogP contribution in [0.3, 0.4) is 0 Å². The second kappa shape index (κ2) is 5.32. The van der Waals surface area contributed by atoms with Crippen LogP contribution in [0.4, 0.5) is 0 Å². The molecule has 3 heteroatoms. The van der Waals surface area contributed by atoms with Gasteiger partial charge < -0.3 is 9.47 Å². The molecule has 1 heterocycles. The molecule has 0 N–H and O–H groups in total. The molecule has 1 aromatic rings. The van der Waals surface area contributed by atoms with Crippen molar-refractivity contribution in [2.24, 2.45) is 5.92 Å². The Morgan fingerprint density at radius 3 is 2.59 bits per heavy atom. The molecular weight excluding hydrogens is 216 g/mol. The zero-order chi connectivity index (χ0) is 12.3. The van der Waals surface area contributed by atoms with E-state index in [1.807, 2.05) is 24.3 Å². The highest BCUT2D eigenvalue weighted by Gasteiger charge is 2.24. The molecule has 1 atom stereocenters. The molecule has 0 bridgehead atoms. The summed E-state index contributed by atoms with van der Waals surface area (Å²) in [5, 5.41) is 0. The van der Waals surface area contributed by atoms with Crippen molar-refractivity contribution in [3.63, 3.8) is 0 Å². The lowest BCUT2D eigenvalue weighted by Gasteiger charge is -2.06. The lowest BCUT2D eigenvalue weighted by molar-refractivity contribution is 0.0476. The lowest BCUT2D eigenvalue weighted by atomic mass is 10.0. The molecule has 1 aliphatic rings. The molecule has 92 valence electrons. The highest BCUT2D eigenvalue weighted by atomic mass is 16.6. The molecule has 0 radical (unpaired) electrons. The normalized spacial score (nSPS) is 18.2. The van der Waals surface area contributed by atoms with Gasteiger partial charge >= 0.3 is 5.97 Å². The van der Waals surface area contributed by atoms with Gasteiger partial charge in [0.1, 0.15) is 12.7 Å². The van der Waals surface area contributed by atoms with Crippen LogP contribution in [0.25, 0.3) is 0 Å². The number of carbonyl (C=O) groups excluding carboxylic acids is 1. The molecule has 1 unspecified atom stereocenters. The lowest BCUT2D eigenvalue weighted by Crippen LogP contribution is -2.10. The minimum absolute atomic E-state index is 0.124. The third-order valence-electron chi connectivity index (χ3n) is 2.64. The topological polar surface area (TPSA) is 38.8 Å². The second-order valence-corrected chi connectivity index (χ2v) is 4.85. The van der Waals surface area contributed by atoms with E-state index in [0.29, 0.717) is 24.7 Å². The van der Waals surface area contributed by atoms with Crippen molar-refractivity contribution in [3.05, 3.63) is 35.4 Å². The minimum Gasteiger partial charge on any atom is -0.459 e. The number of esters is 1. The molecule has 0 amide bonds. The summed E-state index contributed by atoms with van der Waals surface area (Å²) in [5.41, 5.74) is 1.86. The van der Waals surface area contributed by atoms with Crippen LogP contribution in [-0.2, 0) is 15.9 Å². The summed E-state index contributed by atoms with van der Waals surface area (Å²) in [7, 11) is 0. The fraction of sp³-hybridized carbons (Fsp3) is 0.500. The van der Waals surface area contributed by atoms with E-state index in [9.17, 15) is 4.79 Å². The van der Waals surface area contributed by atoms with E-state index >= 15 is 0 Å². The second-order valence-electron chi connectivity index (χ2n) is 4.85. The standard InChI is InChI=1S/C14H18O3/c1-10(2)7-11-3-5-12(6-4-11)14(15)17-9-13-8-16-13/h3-6,10,13H,7-9H2,1-2H3. The Labute approximate surface area is 102 Å². The first-order valence-electron chi connectivity index (χ1n) is 6.03. The first-order valence-corrected chi connectivity index (χ1v) is 6.03. The van der Waals surface area contributed by atoms with Crippen LogP contribution in [0.15, 0.2) is 24.3 Å². The van der Waals surface area contributed by atoms with Crippen LogP contribution in [0.2, 0.25) is 0 Å². The fourth-order valence-corrected chi connectivity index (χ4v) is 1.66. The van der Waals surface area contributed by atoms with Gasteiger partial charge in [-0.2, -0.15) is 0 Å². The number of rotatable bonds is 5. The molecule has 0 aliphatic carbocycles. The summed E-state index contributed by atoms with van der Waals surface area (Å²) in [4.78, 5) is 11.6. The van der Waals surface area contributed by atoms with Crippen molar-refractivity contribution in [2.75, 3.05) is 13.2 Å². The summed E-state index contributed by atoms with van der Waals surface area (Å²) in [6.45, 7) is 5.43. The quantitative estimate of drug-likeness (QED) is 0.580. The van der Waals surface area contributed by atoms with Crippen molar-refractivity contribution in [3.8, 4) is 0 Å². The number of hydrogen-bond acceptors (Lipinski definition) is 3. The van der Waals surface area contributed by atoms with Gasteiger partial charge in [-0.3, -0.25) is 0 Å². The SMILES string of the molecule is CC(C)Cc1ccc(C(=O)OCC2CO2)cc1. The molecule has 17 heavy (non-hydrogen) atoms. The molecule has 1 aliphatic heterocycles. The Kier molecular flexibility index (Phi) is 3.79. The van der Waals surface area contributed by atoms with E-state index in [4.69, 9.17) is 9.47 Å². The molecule has 0 aromatic heterocycles. The first-order chi connectivity index (χ1) is 8.15. The van der Waals surface area contributed by atoms with Gasteiger partial charge in [-0.05, 0) is 30.0 Å². The van der Waals surface area contributed by atoms with Crippen molar-refractivity contribution in [1.29, 1.82) is 0 Å². The monoisotopic (exact) mass is 234 g/mol. The molecule has 1 saturated heterocycles. The predicted molar refractivity (Wildman–Crippen MR) is 65.0 cm³/mol. The molecule has 1 fully saturated rings. The van der Waals surface area contributed by atoms with E-state index in [2.05, 4.69) is 13.8 Å². The number of benzene rings is 1. The highest BCUT2D eigenvalue weighted by Crippen LogP contribution is 2.13. The maximum Gasteiger partial charge on any atom is 0.338 e. The number of hydrogen-bond donors (Lipinski definition) is 0. The minimum atomic E-state index is -0.267. The highest BCUT2D eigenvalue weighted by molar-refractivity contribution is 5.89. The summed E-state index contributed by atoms with van der Waals surface area (Å²) in [5.74, 6) is 0.358. The Hall–Kier alpha value is -1.35. The number of carbonyl (C=O) groups is 1. The molecular formula is C14H18O3. The summed E-state index contributed by atoms with van der Waals surface area (Å²) in [6, 6.07) is 7.63. The van der Waals surface area contributed by atoms with Crippen molar-refractivity contribution < 1.29 is 14.3 Å². The maximum absolute atomic E-state index is 11.6. The third kappa shape index (κ3) is 3.86. The maximum atomic E-state index is 11.6. The average molecular weight is 234 g/mol. The number of epoxide rings is 1. The number of ether oxygens (including phenoxy) is 2. The largest absolute Gasteiger partial charge is 0.459 e. The zero-order valence-corrected chi connectivity index (χ0v) is 10.3. The van der Waals surface area contributed by atoms with Gasteiger partial charge in [0.15, 0.2) is 0 Å². The van der Waals surface area contributed by atoms with E-state index in [1.54, 1.807) is 0 Å². The average Bonchev–Trinajstić information content (AvgIpc) is 3.10. The summed E-state index contributed by atoms with van der Waals surface area (Å²) in [6.07, 6.45) is 1.16. The van der Waals surface area contributed by atoms with Gasteiger partial charge in [-0.25, -0.2) is 4.79 Å². The Morgan fingerprint density at radius 2 is 2.06 bits per heavy atom. The Morgan fingerprint density at radius 1 is 1.41 bits per heavy atom. The molecule has 3 nitrogen and oxygen atoms in total. The van der Waals surface area contributed by atoms with Gasteiger partial charge in [0, 0.05) is 0 Å². The van der Waals surface area contributed by atoms with E-state index < -0.39 is 0 Å². The third-order valence-corrected chi connectivity index (χ3v) is 2.64. The Balaban J connectivity index is 1.89.